The summed E-state index contributed by atoms with van der Waals surface area (Å²) in [5.41, 5.74) is 0. The molecule has 0 spiro atoms. The lowest BCUT2D eigenvalue weighted by atomic mass is 10.0. The molecule has 14 heavy (non-hydrogen) atoms. The van der Waals surface area contributed by atoms with E-state index in [1.165, 1.54) is 20.0 Å². The molecule has 4 heteroatoms. The van der Waals surface area contributed by atoms with Crippen molar-refractivity contribution in [3.8, 4) is 0 Å². The summed E-state index contributed by atoms with van der Waals surface area (Å²) in [6.07, 6.45) is 2.35. The van der Waals surface area contributed by atoms with Crippen LogP contribution in [0.5, 0.6) is 0 Å². The van der Waals surface area contributed by atoms with Gasteiger partial charge in [0.2, 0.25) is 0 Å². The van der Waals surface area contributed by atoms with Gasteiger partial charge in [-0.2, -0.15) is 0 Å². The van der Waals surface area contributed by atoms with Crippen LogP contribution in [-0.4, -0.2) is 31.0 Å². The van der Waals surface area contributed by atoms with E-state index in [0.29, 0.717) is 12.5 Å². The van der Waals surface area contributed by atoms with Gasteiger partial charge in [0, 0.05) is 6.54 Å². The van der Waals surface area contributed by atoms with Gasteiger partial charge in [0.1, 0.15) is 4.83 Å². The molecule has 1 N–H and O–H groups in total. The summed E-state index contributed by atoms with van der Waals surface area (Å²) < 4.78 is 4.60. The zero-order chi connectivity index (χ0) is 11.0. The Hall–Kier alpha value is -0.0900. The first kappa shape index (κ1) is 13.9. The minimum atomic E-state index is -0.234. The monoisotopic (exact) mass is 265 g/mol. The van der Waals surface area contributed by atoms with Gasteiger partial charge in [-0.25, -0.2) is 0 Å². The Labute approximate surface area is 94.7 Å². The van der Waals surface area contributed by atoms with E-state index >= 15 is 0 Å². The lowest BCUT2D eigenvalue weighted by Gasteiger charge is -2.14. The fraction of sp³-hybridized carbons (Fsp3) is 0.900. The second kappa shape index (κ2) is 8.24. The smallest absolute Gasteiger partial charge is 0.320 e. The summed E-state index contributed by atoms with van der Waals surface area (Å²) in [5.74, 6) is 0.481. The Bertz CT molecular complexity index is 160. The fourth-order valence-electron chi connectivity index (χ4n) is 1.20. The molecular weight excluding hydrogens is 246 g/mol. The molecule has 0 saturated heterocycles. The zero-order valence-corrected chi connectivity index (χ0v) is 10.8. The van der Waals surface area contributed by atoms with E-state index in [2.05, 4.69) is 39.8 Å². The summed E-state index contributed by atoms with van der Waals surface area (Å²) in [6, 6.07) is 0. The van der Waals surface area contributed by atoms with Crippen molar-refractivity contribution in [3.63, 3.8) is 0 Å². The molecule has 0 aromatic carbocycles. The van der Waals surface area contributed by atoms with E-state index in [0.717, 1.165) is 6.54 Å². The molecule has 0 heterocycles. The van der Waals surface area contributed by atoms with Crippen LogP contribution < -0.4 is 5.32 Å². The molecular formula is C10H20BrNO2. The highest BCUT2D eigenvalue weighted by Crippen LogP contribution is 2.06. The standard InChI is InChI=1S/C10H20BrNO2/c1-4-8(5-2)6-12-7-9(11)10(13)14-3/h8-9,12H,4-7H2,1-3H3. The summed E-state index contributed by atoms with van der Waals surface area (Å²) in [5, 5.41) is 3.25. The molecule has 0 aromatic rings. The molecule has 0 amide bonds. The third kappa shape index (κ3) is 5.60. The second-order valence-electron chi connectivity index (χ2n) is 3.33. The van der Waals surface area contributed by atoms with Gasteiger partial charge in [0.05, 0.1) is 7.11 Å². The summed E-state index contributed by atoms with van der Waals surface area (Å²) in [7, 11) is 1.40. The zero-order valence-electron chi connectivity index (χ0n) is 9.18. The number of alkyl halides is 1. The molecule has 0 aromatic heterocycles. The molecule has 0 aliphatic rings. The molecule has 0 fully saturated rings. The van der Waals surface area contributed by atoms with Crippen LogP contribution in [0.2, 0.25) is 0 Å². The van der Waals surface area contributed by atoms with Crippen molar-refractivity contribution in [2.75, 3.05) is 20.2 Å². The first-order chi connectivity index (χ1) is 6.65. The number of nitrogens with one attached hydrogen (secondary N) is 1. The first-order valence-electron chi connectivity index (χ1n) is 5.08. The van der Waals surface area contributed by atoms with Gasteiger partial charge in [-0.15, -0.1) is 0 Å². The molecule has 0 aliphatic carbocycles. The number of methoxy groups -OCH3 is 1. The molecule has 0 saturated carbocycles. The van der Waals surface area contributed by atoms with Gasteiger partial charge in [0.25, 0.3) is 0 Å². The highest BCUT2D eigenvalue weighted by Gasteiger charge is 2.14. The second-order valence-corrected chi connectivity index (χ2v) is 4.44. The maximum atomic E-state index is 11.0. The molecule has 0 radical (unpaired) electrons. The quantitative estimate of drug-likeness (QED) is 0.565. The number of halogens is 1. The van der Waals surface area contributed by atoms with Crippen molar-refractivity contribution >= 4 is 21.9 Å². The van der Waals surface area contributed by atoms with Crippen LogP contribution in [-0.2, 0) is 9.53 Å². The third-order valence-electron chi connectivity index (χ3n) is 2.37. The van der Waals surface area contributed by atoms with Gasteiger partial charge in [0.15, 0.2) is 0 Å². The van der Waals surface area contributed by atoms with Crippen molar-refractivity contribution < 1.29 is 9.53 Å². The number of hydrogen-bond acceptors (Lipinski definition) is 3. The average Bonchev–Trinajstić information content (AvgIpc) is 2.22. The predicted molar refractivity (Wildman–Crippen MR) is 61.7 cm³/mol. The number of carbonyl (C=O) groups is 1. The topological polar surface area (TPSA) is 38.3 Å². The van der Waals surface area contributed by atoms with Crippen molar-refractivity contribution in [2.45, 2.75) is 31.5 Å². The van der Waals surface area contributed by atoms with Crippen LogP contribution >= 0.6 is 15.9 Å². The minimum Gasteiger partial charge on any atom is -0.468 e. The number of carbonyl (C=O) groups excluding carboxylic acids is 1. The van der Waals surface area contributed by atoms with Gasteiger partial charge >= 0.3 is 5.97 Å². The van der Waals surface area contributed by atoms with Gasteiger partial charge in [-0.3, -0.25) is 4.79 Å². The molecule has 84 valence electrons. The number of hydrogen-bond donors (Lipinski definition) is 1. The van der Waals surface area contributed by atoms with Crippen LogP contribution in [0.1, 0.15) is 26.7 Å². The summed E-state index contributed by atoms with van der Waals surface area (Å²) >= 11 is 3.26. The molecule has 0 aliphatic heterocycles. The van der Waals surface area contributed by atoms with Crippen molar-refractivity contribution in [1.82, 2.24) is 5.32 Å². The summed E-state index contributed by atoms with van der Waals surface area (Å²) in [4.78, 5) is 10.8. The van der Waals surface area contributed by atoms with Gasteiger partial charge in [-0.05, 0) is 12.5 Å². The van der Waals surface area contributed by atoms with E-state index in [-0.39, 0.29) is 10.8 Å². The molecule has 1 atom stereocenters. The third-order valence-corrected chi connectivity index (χ3v) is 3.07. The highest BCUT2D eigenvalue weighted by atomic mass is 79.9. The normalized spacial score (nSPS) is 12.9. The Morgan fingerprint density at radius 1 is 1.36 bits per heavy atom. The first-order valence-corrected chi connectivity index (χ1v) is 5.99. The van der Waals surface area contributed by atoms with E-state index in [1.54, 1.807) is 0 Å². The van der Waals surface area contributed by atoms with Crippen molar-refractivity contribution in [2.24, 2.45) is 5.92 Å². The van der Waals surface area contributed by atoms with E-state index in [9.17, 15) is 4.79 Å². The molecule has 1 unspecified atom stereocenters. The minimum absolute atomic E-state index is 0.220. The molecule has 3 nitrogen and oxygen atoms in total. The Kier molecular flexibility index (Phi) is 8.18. The van der Waals surface area contributed by atoms with Crippen LogP contribution in [0, 0.1) is 5.92 Å². The molecule has 0 rings (SSSR count). The number of esters is 1. The fourth-order valence-corrected chi connectivity index (χ4v) is 1.62. The average molecular weight is 266 g/mol. The van der Waals surface area contributed by atoms with Crippen LogP contribution in [0.15, 0.2) is 0 Å². The lowest BCUT2D eigenvalue weighted by molar-refractivity contribution is -0.139. The van der Waals surface area contributed by atoms with E-state index < -0.39 is 0 Å². The maximum absolute atomic E-state index is 11.0. The predicted octanol–water partition coefficient (Wildman–Crippen LogP) is 1.95. The van der Waals surface area contributed by atoms with Crippen LogP contribution in [0.4, 0.5) is 0 Å². The van der Waals surface area contributed by atoms with Crippen molar-refractivity contribution in [1.29, 1.82) is 0 Å². The Balaban J connectivity index is 3.57. The lowest BCUT2D eigenvalue weighted by Crippen LogP contribution is -2.32. The van der Waals surface area contributed by atoms with E-state index in [1.807, 2.05) is 0 Å². The van der Waals surface area contributed by atoms with Gasteiger partial charge < -0.3 is 10.1 Å². The largest absolute Gasteiger partial charge is 0.468 e. The van der Waals surface area contributed by atoms with E-state index in [4.69, 9.17) is 0 Å². The van der Waals surface area contributed by atoms with Gasteiger partial charge in [-0.1, -0.05) is 42.6 Å². The van der Waals surface area contributed by atoms with Crippen LogP contribution in [0.25, 0.3) is 0 Å². The summed E-state index contributed by atoms with van der Waals surface area (Å²) in [6.45, 7) is 5.96. The van der Waals surface area contributed by atoms with Crippen molar-refractivity contribution in [3.05, 3.63) is 0 Å². The Morgan fingerprint density at radius 3 is 2.36 bits per heavy atom. The molecule has 0 bridgehead atoms. The van der Waals surface area contributed by atoms with Crippen LogP contribution in [0.3, 0.4) is 0 Å². The SMILES string of the molecule is CCC(CC)CNCC(Br)C(=O)OC. The Morgan fingerprint density at radius 2 is 1.93 bits per heavy atom. The number of rotatable bonds is 7. The highest BCUT2D eigenvalue weighted by molar-refractivity contribution is 9.10. The maximum Gasteiger partial charge on any atom is 0.320 e. The number of ether oxygens (including phenoxy) is 1.